The molecular weight excluding hydrogens is 368 g/mol. The molecule has 0 spiro atoms. The van der Waals surface area contributed by atoms with Crippen molar-refractivity contribution in [3.63, 3.8) is 0 Å². The number of nitrogens with one attached hydrogen (secondary N) is 1. The van der Waals surface area contributed by atoms with Gasteiger partial charge in [0, 0.05) is 68.5 Å². The van der Waals surface area contributed by atoms with Crippen LogP contribution in [0.5, 0.6) is 0 Å². The molecule has 0 radical (unpaired) electrons. The maximum atomic E-state index is 12.9. The van der Waals surface area contributed by atoms with Crippen molar-refractivity contribution < 1.29 is 9.59 Å². The van der Waals surface area contributed by atoms with Crippen LogP contribution < -0.4 is 0 Å². The molecule has 8 nitrogen and oxygen atoms in total. The van der Waals surface area contributed by atoms with E-state index >= 15 is 0 Å². The number of fused-ring (bicyclic) bond motifs is 1. The summed E-state index contributed by atoms with van der Waals surface area (Å²) in [6.07, 6.45) is 5.21. The molecule has 0 saturated carbocycles. The zero-order chi connectivity index (χ0) is 20.5. The predicted octanol–water partition coefficient (Wildman–Crippen LogP) is 1.99. The molecular formula is C21H28N6O2. The van der Waals surface area contributed by atoms with Crippen molar-refractivity contribution in [2.24, 2.45) is 0 Å². The number of carbonyl (C=O) groups is 2. The number of hydrogen-bond donors (Lipinski definition) is 1. The fourth-order valence-electron chi connectivity index (χ4n) is 4.27. The number of carbonyl (C=O) groups excluding carboxylic acids is 2. The summed E-state index contributed by atoms with van der Waals surface area (Å²) in [7, 11) is 0. The number of rotatable bonds is 3. The van der Waals surface area contributed by atoms with Crippen LogP contribution in [0.15, 0.2) is 6.20 Å². The van der Waals surface area contributed by atoms with E-state index < -0.39 is 0 Å². The van der Waals surface area contributed by atoms with E-state index in [9.17, 15) is 9.59 Å². The predicted molar refractivity (Wildman–Crippen MR) is 107 cm³/mol. The molecule has 154 valence electrons. The Hall–Kier alpha value is -2.77. The molecule has 0 aromatic carbocycles. The van der Waals surface area contributed by atoms with Crippen LogP contribution in [0.1, 0.15) is 71.4 Å². The SMILES string of the molecule is CCc1[nH]nc(C(=O)N2CCC(c3ncc4c(n3)CCN(C(C)=O)C4)CC2)c1C. The molecule has 29 heavy (non-hydrogen) atoms. The molecule has 4 heterocycles. The summed E-state index contributed by atoms with van der Waals surface area (Å²) < 4.78 is 0. The van der Waals surface area contributed by atoms with Gasteiger partial charge in [-0.3, -0.25) is 14.7 Å². The average Bonchev–Trinajstić information content (AvgIpc) is 3.12. The second kappa shape index (κ2) is 7.93. The molecule has 4 rings (SSSR count). The molecule has 2 aliphatic heterocycles. The Morgan fingerprint density at radius 1 is 1.21 bits per heavy atom. The number of aromatic amines is 1. The highest BCUT2D eigenvalue weighted by Gasteiger charge is 2.29. The summed E-state index contributed by atoms with van der Waals surface area (Å²) in [4.78, 5) is 37.6. The van der Waals surface area contributed by atoms with Gasteiger partial charge in [0.1, 0.15) is 5.82 Å². The first-order valence-corrected chi connectivity index (χ1v) is 10.4. The fraction of sp³-hybridized carbons (Fsp3) is 0.571. The van der Waals surface area contributed by atoms with Crippen molar-refractivity contribution in [2.45, 2.75) is 58.9 Å². The number of amides is 2. The van der Waals surface area contributed by atoms with Crippen LogP contribution in [0.3, 0.4) is 0 Å². The van der Waals surface area contributed by atoms with Gasteiger partial charge < -0.3 is 9.80 Å². The molecule has 2 amide bonds. The van der Waals surface area contributed by atoms with Crippen molar-refractivity contribution in [1.29, 1.82) is 0 Å². The maximum absolute atomic E-state index is 12.9. The number of likely N-dealkylation sites (tertiary alicyclic amines) is 1. The lowest BCUT2D eigenvalue weighted by molar-refractivity contribution is -0.129. The van der Waals surface area contributed by atoms with Crippen LogP contribution in [-0.4, -0.2) is 61.4 Å². The highest BCUT2D eigenvalue weighted by molar-refractivity contribution is 5.94. The van der Waals surface area contributed by atoms with Crippen LogP contribution in [0, 0.1) is 6.92 Å². The Kier molecular flexibility index (Phi) is 5.34. The molecule has 1 fully saturated rings. The first kappa shape index (κ1) is 19.5. The molecule has 1 saturated heterocycles. The minimum atomic E-state index is 0.00702. The van der Waals surface area contributed by atoms with E-state index in [1.165, 1.54) is 0 Å². The molecule has 0 unspecified atom stereocenters. The van der Waals surface area contributed by atoms with Crippen molar-refractivity contribution in [3.05, 3.63) is 40.2 Å². The number of aryl methyl sites for hydroxylation is 1. The third-order valence-corrected chi connectivity index (χ3v) is 6.21. The molecule has 8 heteroatoms. The van der Waals surface area contributed by atoms with Gasteiger partial charge in [-0.05, 0) is 26.2 Å². The number of H-pyrrole nitrogens is 1. The van der Waals surface area contributed by atoms with Crippen LogP contribution in [0.4, 0.5) is 0 Å². The molecule has 0 aliphatic carbocycles. The third kappa shape index (κ3) is 3.75. The summed E-state index contributed by atoms with van der Waals surface area (Å²) in [6, 6.07) is 0. The third-order valence-electron chi connectivity index (χ3n) is 6.21. The Bertz CT molecular complexity index is 929. The highest BCUT2D eigenvalue weighted by atomic mass is 16.2. The van der Waals surface area contributed by atoms with Crippen LogP contribution in [0.2, 0.25) is 0 Å². The van der Waals surface area contributed by atoms with E-state index in [1.54, 1.807) is 6.92 Å². The van der Waals surface area contributed by atoms with E-state index in [1.807, 2.05) is 22.9 Å². The molecule has 1 N–H and O–H groups in total. The van der Waals surface area contributed by atoms with Gasteiger partial charge >= 0.3 is 0 Å². The summed E-state index contributed by atoms with van der Waals surface area (Å²) >= 11 is 0. The lowest BCUT2D eigenvalue weighted by atomic mass is 9.95. The van der Waals surface area contributed by atoms with Crippen molar-refractivity contribution in [3.8, 4) is 0 Å². The minimum absolute atomic E-state index is 0.00702. The van der Waals surface area contributed by atoms with E-state index in [0.29, 0.717) is 31.9 Å². The zero-order valence-electron chi connectivity index (χ0n) is 17.4. The maximum Gasteiger partial charge on any atom is 0.274 e. The summed E-state index contributed by atoms with van der Waals surface area (Å²) in [5, 5.41) is 7.21. The monoisotopic (exact) mass is 396 g/mol. The van der Waals surface area contributed by atoms with Crippen molar-refractivity contribution in [1.82, 2.24) is 30.0 Å². The van der Waals surface area contributed by atoms with Crippen LogP contribution in [0.25, 0.3) is 0 Å². The molecule has 0 atom stereocenters. The standard InChI is InChI=1S/C21H28N6O2/c1-4-17-13(2)19(25-24-17)21(29)26-8-5-15(6-9-26)20-22-11-16-12-27(14(3)28)10-7-18(16)23-20/h11,15H,4-10,12H2,1-3H3,(H,24,25). The van der Waals surface area contributed by atoms with Gasteiger partial charge in [-0.1, -0.05) is 6.92 Å². The van der Waals surface area contributed by atoms with Gasteiger partial charge in [0.15, 0.2) is 5.69 Å². The van der Waals surface area contributed by atoms with E-state index in [2.05, 4.69) is 22.1 Å². The van der Waals surface area contributed by atoms with Crippen molar-refractivity contribution >= 4 is 11.8 Å². The topological polar surface area (TPSA) is 95.1 Å². The van der Waals surface area contributed by atoms with Crippen LogP contribution >= 0.6 is 0 Å². The molecule has 2 aromatic rings. The molecule has 0 bridgehead atoms. The highest BCUT2D eigenvalue weighted by Crippen LogP contribution is 2.28. The summed E-state index contributed by atoms with van der Waals surface area (Å²) in [5.74, 6) is 1.24. The Morgan fingerprint density at radius 2 is 1.97 bits per heavy atom. The fourth-order valence-corrected chi connectivity index (χ4v) is 4.27. The number of hydrogen-bond acceptors (Lipinski definition) is 5. The van der Waals surface area contributed by atoms with Gasteiger partial charge in [0.05, 0.1) is 5.69 Å². The first-order valence-electron chi connectivity index (χ1n) is 10.4. The average molecular weight is 396 g/mol. The lowest BCUT2D eigenvalue weighted by Crippen LogP contribution is -2.39. The van der Waals surface area contributed by atoms with Gasteiger partial charge in [-0.25, -0.2) is 9.97 Å². The smallest absolute Gasteiger partial charge is 0.274 e. The summed E-state index contributed by atoms with van der Waals surface area (Å²) in [6.45, 7) is 8.30. The van der Waals surface area contributed by atoms with E-state index in [4.69, 9.17) is 4.98 Å². The molecule has 2 aromatic heterocycles. The van der Waals surface area contributed by atoms with Crippen LogP contribution in [-0.2, 0) is 24.2 Å². The quantitative estimate of drug-likeness (QED) is 0.856. The minimum Gasteiger partial charge on any atom is -0.338 e. The second-order valence-corrected chi connectivity index (χ2v) is 7.99. The first-order chi connectivity index (χ1) is 14.0. The zero-order valence-corrected chi connectivity index (χ0v) is 17.4. The molecule has 2 aliphatic rings. The Labute approximate surface area is 170 Å². The Morgan fingerprint density at radius 3 is 2.62 bits per heavy atom. The van der Waals surface area contributed by atoms with Crippen molar-refractivity contribution in [2.75, 3.05) is 19.6 Å². The van der Waals surface area contributed by atoms with Gasteiger partial charge in [-0.2, -0.15) is 5.10 Å². The van der Waals surface area contributed by atoms with Gasteiger partial charge in [0.25, 0.3) is 5.91 Å². The van der Waals surface area contributed by atoms with E-state index in [-0.39, 0.29) is 17.7 Å². The van der Waals surface area contributed by atoms with Gasteiger partial charge in [0.2, 0.25) is 5.91 Å². The largest absolute Gasteiger partial charge is 0.338 e. The number of aromatic nitrogens is 4. The normalized spacial score (nSPS) is 17.3. The number of nitrogens with zero attached hydrogens (tertiary/aromatic N) is 5. The van der Waals surface area contributed by atoms with E-state index in [0.717, 1.165) is 54.0 Å². The second-order valence-electron chi connectivity index (χ2n) is 7.99. The summed E-state index contributed by atoms with van der Waals surface area (Å²) in [5.41, 5.74) is 4.63. The van der Waals surface area contributed by atoms with Gasteiger partial charge in [-0.15, -0.1) is 0 Å². The lowest BCUT2D eigenvalue weighted by Gasteiger charge is -2.32. The Balaban J connectivity index is 1.40. The number of piperidine rings is 1.